The van der Waals surface area contributed by atoms with E-state index in [0.717, 1.165) is 5.56 Å². The third-order valence-electron chi connectivity index (χ3n) is 3.43. The maximum Gasteiger partial charge on any atom is 0.262 e. The highest BCUT2D eigenvalue weighted by Crippen LogP contribution is 2.25. The summed E-state index contributed by atoms with van der Waals surface area (Å²) in [6.07, 6.45) is 0. The lowest BCUT2D eigenvalue weighted by molar-refractivity contribution is -0.118. The highest BCUT2D eigenvalue weighted by atomic mass is 35.5. The van der Waals surface area contributed by atoms with Gasteiger partial charge in [0, 0.05) is 16.3 Å². The first-order valence-corrected chi connectivity index (χ1v) is 8.00. The van der Waals surface area contributed by atoms with Crippen molar-refractivity contribution in [2.45, 2.75) is 6.61 Å². The van der Waals surface area contributed by atoms with Gasteiger partial charge >= 0.3 is 0 Å². The molecule has 0 fully saturated rings. The summed E-state index contributed by atoms with van der Waals surface area (Å²) in [5, 5.41) is 12.4. The maximum absolute atomic E-state index is 12.0. The first-order valence-electron chi connectivity index (χ1n) is 7.62. The molecule has 25 heavy (non-hydrogen) atoms. The fourth-order valence-electron chi connectivity index (χ4n) is 2.25. The minimum atomic E-state index is -0.275. The minimum Gasteiger partial charge on any atom is -0.484 e. The van der Waals surface area contributed by atoms with Crippen LogP contribution in [0.15, 0.2) is 65.1 Å². The number of halogens is 1. The number of carbonyl (C=O) groups is 1. The third-order valence-corrected chi connectivity index (χ3v) is 3.68. The molecule has 0 saturated heterocycles. The van der Waals surface area contributed by atoms with Gasteiger partial charge in [0.1, 0.15) is 23.9 Å². The molecule has 2 aromatic carbocycles. The van der Waals surface area contributed by atoms with E-state index in [1.807, 2.05) is 12.1 Å². The van der Waals surface area contributed by atoms with Crippen molar-refractivity contribution in [2.75, 3.05) is 11.9 Å². The van der Waals surface area contributed by atoms with E-state index in [2.05, 4.69) is 5.32 Å². The fraction of sp³-hybridized carbons (Fsp3) is 0.105. The molecule has 2 N–H and O–H groups in total. The van der Waals surface area contributed by atoms with Gasteiger partial charge in [-0.15, -0.1) is 0 Å². The average Bonchev–Trinajstić information content (AvgIpc) is 3.11. The van der Waals surface area contributed by atoms with Crippen LogP contribution in [-0.4, -0.2) is 17.6 Å². The standard InChI is InChI=1S/C19H16ClNO4/c20-14-4-6-16(7-5-14)24-12-19(23)21-15-3-1-2-13(10-15)18-9-8-17(11-22)25-18/h1-10,22H,11-12H2,(H,21,23). The van der Waals surface area contributed by atoms with Crippen LogP contribution >= 0.6 is 11.6 Å². The van der Waals surface area contributed by atoms with Crippen LogP contribution in [0.25, 0.3) is 11.3 Å². The molecule has 0 aliphatic carbocycles. The van der Waals surface area contributed by atoms with Crippen LogP contribution < -0.4 is 10.1 Å². The molecule has 3 aromatic rings. The predicted molar refractivity (Wildman–Crippen MR) is 95.6 cm³/mol. The number of aliphatic hydroxyl groups is 1. The van der Waals surface area contributed by atoms with Gasteiger partial charge in [-0.2, -0.15) is 0 Å². The highest BCUT2D eigenvalue weighted by molar-refractivity contribution is 6.30. The first-order chi connectivity index (χ1) is 12.1. The van der Waals surface area contributed by atoms with Crippen LogP contribution in [0.1, 0.15) is 5.76 Å². The van der Waals surface area contributed by atoms with Crippen LogP contribution in [0.3, 0.4) is 0 Å². The lowest BCUT2D eigenvalue weighted by Crippen LogP contribution is -2.20. The summed E-state index contributed by atoms with van der Waals surface area (Å²) in [6.45, 7) is -0.264. The van der Waals surface area contributed by atoms with Crippen molar-refractivity contribution in [3.63, 3.8) is 0 Å². The molecule has 0 bridgehead atoms. The molecule has 1 heterocycles. The van der Waals surface area contributed by atoms with Crippen molar-refractivity contribution >= 4 is 23.2 Å². The Kier molecular flexibility index (Phi) is 5.38. The lowest BCUT2D eigenvalue weighted by atomic mass is 10.1. The summed E-state index contributed by atoms with van der Waals surface area (Å²) in [5.41, 5.74) is 1.43. The van der Waals surface area contributed by atoms with Crippen LogP contribution in [0.5, 0.6) is 5.75 Å². The monoisotopic (exact) mass is 357 g/mol. The highest BCUT2D eigenvalue weighted by Gasteiger charge is 2.08. The fourth-order valence-corrected chi connectivity index (χ4v) is 2.37. The van der Waals surface area contributed by atoms with Gasteiger partial charge in [0.15, 0.2) is 6.61 Å². The molecule has 128 valence electrons. The molecule has 0 saturated carbocycles. The Balaban J connectivity index is 1.61. The molecule has 1 amide bonds. The molecule has 0 aliphatic rings. The summed E-state index contributed by atoms with van der Waals surface area (Å²) in [4.78, 5) is 12.0. The summed E-state index contributed by atoms with van der Waals surface area (Å²) < 4.78 is 10.9. The molecule has 6 heteroatoms. The molecule has 0 atom stereocenters. The van der Waals surface area contributed by atoms with E-state index in [-0.39, 0.29) is 19.1 Å². The van der Waals surface area contributed by atoms with Crippen LogP contribution in [-0.2, 0) is 11.4 Å². The van der Waals surface area contributed by atoms with Crippen molar-refractivity contribution in [1.82, 2.24) is 0 Å². The molecule has 0 aliphatic heterocycles. The normalized spacial score (nSPS) is 10.5. The van der Waals surface area contributed by atoms with Crippen molar-refractivity contribution in [3.05, 3.63) is 71.4 Å². The largest absolute Gasteiger partial charge is 0.484 e. The van der Waals surface area contributed by atoms with Gasteiger partial charge in [0.05, 0.1) is 0 Å². The molecular formula is C19H16ClNO4. The summed E-state index contributed by atoms with van der Waals surface area (Å²) in [6, 6.07) is 17.5. The van der Waals surface area contributed by atoms with Gasteiger partial charge in [-0.3, -0.25) is 4.79 Å². The molecule has 0 spiro atoms. The zero-order valence-electron chi connectivity index (χ0n) is 13.2. The number of benzene rings is 2. The second-order valence-corrected chi connectivity index (χ2v) is 5.73. The number of hydrogen-bond acceptors (Lipinski definition) is 4. The zero-order valence-corrected chi connectivity index (χ0v) is 14.0. The third kappa shape index (κ3) is 4.62. The van der Waals surface area contributed by atoms with Crippen molar-refractivity contribution in [2.24, 2.45) is 0 Å². The van der Waals surface area contributed by atoms with E-state index in [0.29, 0.717) is 28.0 Å². The van der Waals surface area contributed by atoms with E-state index >= 15 is 0 Å². The van der Waals surface area contributed by atoms with E-state index < -0.39 is 0 Å². The number of nitrogens with one attached hydrogen (secondary N) is 1. The Morgan fingerprint density at radius 3 is 2.64 bits per heavy atom. The van der Waals surface area contributed by atoms with E-state index in [4.69, 9.17) is 25.9 Å². The van der Waals surface area contributed by atoms with Gasteiger partial charge in [-0.05, 0) is 48.5 Å². The summed E-state index contributed by atoms with van der Waals surface area (Å²) >= 11 is 5.80. The number of ether oxygens (including phenoxy) is 1. The van der Waals surface area contributed by atoms with Gasteiger partial charge in [-0.1, -0.05) is 23.7 Å². The lowest BCUT2D eigenvalue weighted by Gasteiger charge is -2.08. The van der Waals surface area contributed by atoms with E-state index in [1.165, 1.54) is 0 Å². The number of furan rings is 1. The number of carbonyl (C=O) groups excluding carboxylic acids is 1. The molecular weight excluding hydrogens is 342 g/mol. The maximum atomic E-state index is 12.0. The number of anilines is 1. The topological polar surface area (TPSA) is 71.7 Å². The molecule has 3 rings (SSSR count). The van der Waals surface area contributed by atoms with Gasteiger partial charge < -0.3 is 19.6 Å². The SMILES string of the molecule is O=C(COc1ccc(Cl)cc1)Nc1cccc(-c2ccc(CO)o2)c1. The zero-order chi connectivity index (χ0) is 17.6. The van der Waals surface area contributed by atoms with Crippen molar-refractivity contribution < 1.29 is 19.1 Å². The number of amides is 1. The Bertz CT molecular complexity index is 858. The Labute approximate surface area is 149 Å². The van der Waals surface area contributed by atoms with Crippen molar-refractivity contribution in [3.8, 4) is 17.1 Å². The minimum absolute atomic E-state index is 0.110. The number of rotatable bonds is 6. The van der Waals surface area contributed by atoms with Crippen molar-refractivity contribution in [1.29, 1.82) is 0 Å². The average molecular weight is 358 g/mol. The van der Waals surface area contributed by atoms with Crippen LogP contribution in [0.4, 0.5) is 5.69 Å². The van der Waals surface area contributed by atoms with Crippen LogP contribution in [0.2, 0.25) is 5.02 Å². The second kappa shape index (κ2) is 7.88. The number of aliphatic hydroxyl groups excluding tert-OH is 1. The van der Waals surface area contributed by atoms with Crippen LogP contribution in [0, 0.1) is 0 Å². The van der Waals surface area contributed by atoms with E-state index in [9.17, 15) is 4.79 Å². The molecule has 1 aromatic heterocycles. The Morgan fingerprint density at radius 2 is 1.92 bits per heavy atom. The second-order valence-electron chi connectivity index (χ2n) is 5.30. The van der Waals surface area contributed by atoms with Gasteiger partial charge in [0.2, 0.25) is 0 Å². The number of hydrogen-bond donors (Lipinski definition) is 2. The summed E-state index contributed by atoms with van der Waals surface area (Å²) in [7, 11) is 0. The Hall–Kier alpha value is -2.76. The molecule has 0 radical (unpaired) electrons. The Morgan fingerprint density at radius 1 is 1.12 bits per heavy atom. The first kappa shape index (κ1) is 17.1. The van der Waals surface area contributed by atoms with Gasteiger partial charge in [0.25, 0.3) is 5.91 Å². The quantitative estimate of drug-likeness (QED) is 0.696. The smallest absolute Gasteiger partial charge is 0.262 e. The van der Waals surface area contributed by atoms with Gasteiger partial charge in [-0.25, -0.2) is 0 Å². The van der Waals surface area contributed by atoms with E-state index in [1.54, 1.807) is 48.5 Å². The molecule has 0 unspecified atom stereocenters. The molecule has 5 nitrogen and oxygen atoms in total. The predicted octanol–water partition coefficient (Wildman–Crippen LogP) is 4.11. The summed E-state index contributed by atoms with van der Waals surface area (Å²) in [5.74, 6) is 1.40.